The van der Waals surface area contributed by atoms with Gasteiger partial charge in [0.2, 0.25) is 0 Å². The molecule has 0 aromatic carbocycles. The molecular weight excluding hydrogens is 298 g/mol. The Labute approximate surface area is 131 Å². The molecule has 0 saturated heterocycles. The lowest BCUT2D eigenvalue weighted by atomic mass is 10.2. The molecule has 0 amide bonds. The molecule has 0 spiro atoms. The van der Waals surface area contributed by atoms with Crippen molar-refractivity contribution in [2.45, 2.75) is 26.0 Å². The van der Waals surface area contributed by atoms with Crippen molar-refractivity contribution >= 4 is 28.2 Å². The second-order valence-corrected chi connectivity index (χ2v) is 6.29. The van der Waals surface area contributed by atoms with Crippen LogP contribution in [0.4, 0.5) is 0 Å². The van der Waals surface area contributed by atoms with Crippen LogP contribution in [-0.2, 0) is 10.5 Å². The van der Waals surface area contributed by atoms with Crippen molar-refractivity contribution in [3.8, 4) is 0 Å². The minimum Gasteiger partial charge on any atom is -0.294 e. The maximum absolute atomic E-state index is 12.1. The van der Waals surface area contributed by atoms with Crippen LogP contribution in [0.25, 0.3) is 5.65 Å². The van der Waals surface area contributed by atoms with Gasteiger partial charge in [-0.05, 0) is 31.5 Å². The summed E-state index contributed by atoms with van der Waals surface area (Å²) in [5.74, 6) is 0.594. The van der Waals surface area contributed by atoms with Crippen LogP contribution >= 0.6 is 11.8 Å². The maximum Gasteiger partial charge on any atom is 0.258 e. The smallest absolute Gasteiger partial charge is 0.258 e. The van der Waals surface area contributed by atoms with E-state index in [4.69, 9.17) is 0 Å². The van der Waals surface area contributed by atoms with Gasteiger partial charge in [0.1, 0.15) is 5.65 Å². The lowest BCUT2D eigenvalue weighted by Crippen LogP contribution is -2.15. The van der Waals surface area contributed by atoms with Gasteiger partial charge in [-0.3, -0.25) is 19.0 Å². The number of carbonyl (C=O) groups excluding carboxylic acids is 1. The molecule has 0 N–H and O–H groups in total. The molecule has 112 valence electrons. The van der Waals surface area contributed by atoms with E-state index >= 15 is 0 Å². The fraction of sp³-hybridized carbons (Fsp3) is 0.250. The van der Waals surface area contributed by atoms with Crippen LogP contribution < -0.4 is 5.56 Å². The van der Waals surface area contributed by atoms with Crippen molar-refractivity contribution in [2.75, 3.05) is 0 Å². The summed E-state index contributed by atoms with van der Waals surface area (Å²) in [6.45, 7) is 3.77. The van der Waals surface area contributed by atoms with Gasteiger partial charge in [-0.15, -0.1) is 11.8 Å². The zero-order valence-electron chi connectivity index (χ0n) is 12.4. The van der Waals surface area contributed by atoms with Gasteiger partial charge < -0.3 is 0 Å². The van der Waals surface area contributed by atoms with Crippen molar-refractivity contribution < 1.29 is 4.79 Å². The summed E-state index contributed by atoms with van der Waals surface area (Å²) in [6, 6.07) is 5.29. The van der Waals surface area contributed by atoms with Crippen LogP contribution in [0, 0.1) is 6.92 Å². The lowest BCUT2D eigenvalue weighted by molar-refractivity contribution is -0.113. The van der Waals surface area contributed by atoms with E-state index in [1.54, 1.807) is 19.2 Å². The summed E-state index contributed by atoms with van der Waals surface area (Å²) in [4.78, 5) is 32.5. The summed E-state index contributed by atoms with van der Waals surface area (Å²) < 4.78 is 1.52. The molecule has 1 aliphatic rings. The number of fused-ring (bicyclic) bond motifs is 1. The predicted molar refractivity (Wildman–Crippen MR) is 88.3 cm³/mol. The standard InChI is InChI=1S/C16H15N3O2S/c1-10-3-4-19-14(5-10)18-12(7-16(19)21)9-22-15-8-13(20)6-11(2)17-15/h3-7H,8-9H2,1-2H3. The van der Waals surface area contributed by atoms with Crippen molar-refractivity contribution in [1.29, 1.82) is 0 Å². The molecule has 1 aliphatic heterocycles. The topological polar surface area (TPSA) is 63.8 Å². The van der Waals surface area contributed by atoms with Gasteiger partial charge in [-0.1, -0.05) is 0 Å². The first-order valence-corrected chi connectivity index (χ1v) is 7.90. The first kappa shape index (κ1) is 14.7. The Balaban J connectivity index is 1.84. The Hall–Kier alpha value is -2.21. The zero-order chi connectivity index (χ0) is 15.7. The average Bonchev–Trinajstić information content (AvgIpc) is 2.43. The Kier molecular flexibility index (Phi) is 3.94. The van der Waals surface area contributed by atoms with Crippen LogP contribution in [0.1, 0.15) is 24.6 Å². The molecule has 3 heterocycles. The highest BCUT2D eigenvalue weighted by Gasteiger charge is 2.13. The molecule has 0 radical (unpaired) electrons. The quantitative estimate of drug-likeness (QED) is 0.854. The van der Waals surface area contributed by atoms with Crippen molar-refractivity contribution in [3.63, 3.8) is 0 Å². The number of hydrogen-bond donors (Lipinski definition) is 0. The van der Waals surface area contributed by atoms with Gasteiger partial charge in [0, 0.05) is 29.8 Å². The van der Waals surface area contributed by atoms with Gasteiger partial charge in [-0.25, -0.2) is 4.98 Å². The van der Waals surface area contributed by atoms with Gasteiger partial charge in [-0.2, -0.15) is 0 Å². The zero-order valence-corrected chi connectivity index (χ0v) is 13.2. The fourth-order valence-corrected chi connectivity index (χ4v) is 3.19. The molecule has 0 fully saturated rings. The first-order valence-electron chi connectivity index (χ1n) is 6.92. The second-order valence-electron chi connectivity index (χ2n) is 5.24. The number of aromatic nitrogens is 2. The largest absolute Gasteiger partial charge is 0.294 e. The number of nitrogens with zero attached hydrogens (tertiary/aromatic N) is 3. The molecule has 2 aromatic heterocycles. The Morgan fingerprint density at radius 3 is 2.86 bits per heavy atom. The normalized spacial score (nSPS) is 14.9. The third-order valence-electron chi connectivity index (χ3n) is 3.26. The lowest BCUT2D eigenvalue weighted by Gasteiger charge is -2.09. The molecule has 5 nitrogen and oxygen atoms in total. The van der Waals surface area contributed by atoms with Gasteiger partial charge >= 0.3 is 0 Å². The van der Waals surface area contributed by atoms with E-state index in [2.05, 4.69) is 9.98 Å². The van der Waals surface area contributed by atoms with Crippen LogP contribution in [0.3, 0.4) is 0 Å². The van der Waals surface area contributed by atoms with Gasteiger partial charge in [0.05, 0.1) is 17.2 Å². The van der Waals surface area contributed by atoms with E-state index < -0.39 is 0 Å². The molecule has 0 bridgehead atoms. The number of carbonyl (C=O) groups is 1. The third-order valence-corrected chi connectivity index (χ3v) is 4.27. The summed E-state index contributed by atoms with van der Waals surface area (Å²) in [6.07, 6.45) is 3.61. The van der Waals surface area contributed by atoms with Crippen LogP contribution in [-0.4, -0.2) is 20.2 Å². The van der Waals surface area contributed by atoms with E-state index in [-0.39, 0.29) is 11.3 Å². The number of thioether (sulfide) groups is 1. The Morgan fingerprint density at radius 2 is 2.09 bits per heavy atom. The SMILES string of the molecule is CC1=CC(=O)CC(SCc2cc(=O)n3ccc(C)cc3n2)=N1. The number of rotatable bonds is 2. The van der Waals surface area contributed by atoms with Crippen molar-refractivity contribution in [3.05, 3.63) is 57.8 Å². The van der Waals surface area contributed by atoms with Crippen molar-refractivity contribution in [1.82, 2.24) is 9.38 Å². The monoisotopic (exact) mass is 313 g/mol. The Bertz CT molecular complexity index is 881. The average molecular weight is 313 g/mol. The minimum absolute atomic E-state index is 0.0668. The van der Waals surface area contributed by atoms with Crippen molar-refractivity contribution in [2.24, 2.45) is 4.99 Å². The minimum atomic E-state index is -0.0988. The number of hydrogen-bond acceptors (Lipinski definition) is 5. The van der Waals surface area contributed by atoms with E-state index in [1.165, 1.54) is 22.2 Å². The fourth-order valence-electron chi connectivity index (χ4n) is 2.27. The molecule has 0 unspecified atom stereocenters. The number of pyridine rings is 1. The molecule has 0 aliphatic carbocycles. The van der Waals surface area contributed by atoms with Gasteiger partial charge in [0.15, 0.2) is 5.78 Å². The molecule has 22 heavy (non-hydrogen) atoms. The van der Waals surface area contributed by atoms with Crippen LogP contribution in [0.5, 0.6) is 0 Å². The third kappa shape index (κ3) is 3.17. The van der Waals surface area contributed by atoms with Gasteiger partial charge in [0.25, 0.3) is 5.56 Å². The number of aliphatic imine (C=N–C) groups is 1. The summed E-state index contributed by atoms with van der Waals surface area (Å²) in [5.41, 5.74) is 3.02. The number of allylic oxidation sites excluding steroid dienone is 2. The molecule has 6 heteroatoms. The molecule has 0 saturated carbocycles. The second kappa shape index (κ2) is 5.88. The Morgan fingerprint density at radius 1 is 1.27 bits per heavy atom. The number of aryl methyl sites for hydroxylation is 1. The highest BCUT2D eigenvalue weighted by molar-refractivity contribution is 8.13. The highest BCUT2D eigenvalue weighted by Crippen LogP contribution is 2.19. The van der Waals surface area contributed by atoms with E-state index in [0.717, 1.165) is 16.3 Å². The summed E-state index contributed by atoms with van der Waals surface area (Å²) in [7, 11) is 0. The molecule has 2 aromatic rings. The van der Waals surface area contributed by atoms with Crippen LogP contribution in [0.2, 0.25) is 0 Å². The van der Waals surface area contributed by atoms with Crippen LogP contribution in [0.15, 0.2) is 46.0 Å². The molecular formula is C16H15N3O2S. The molecule has 0 atom stereocenters. The predicted octanol–water partition coefficient (Wildman–Crippen LogP) is 2.51. The van der Waals surface area contributed by atoms with E-state index in [0.29, 0.717) is 23.5 Å². The highest BCUT2D eigenvalue weighted by atomic mass is 32.2. The molecule has 3 rings (SSSR count). The van der Waals surface area contributed by atoms with E-state index in [1.807, 2.05) is 19.1 Å². The summed E-state index contributed by atoms with van der Waals surface area (Å²) in [5, 5.41) is 0.774. The van der Waals surface area contributed by atoms with E-state index in [9.17, 15) is 9.59 Å². The summed E-state index contributed by atoms with van der Waals surface area (Å²) >= 11 is 1.46. The number of ketones is 1. The first-order chi connectivity index (χ1) is 10.5. The maximum atomic E-state index is 12.1.